The minimum absolute atomic E-state index is 0.0836. The van der Waals surface area contributed by atoms with E-state index in [0.717, 1.165) is 60.9 Å². The Hall–Kier alpha value is -7.24. The second-order valence-corrected chi connectivity index (χ2v) is 13.6. The van der Waals surface area contributed by atoms with Gasteiger partial charge in [0.15, 0.2) is 0 Å². The topological polar surface area (TPSA) is 44.8 Å². The summed E-state index contributed by atoms with van der Waals surface area (Å²) in [6.07, 6.45) is 0. The summed E-state index contributed by atoms with van der Waals surface area (Å²) >= 11 is 0. The van der Waals surface area contributed by atoms with Crippen molar-refractivity contribution in [3.63, 3.8) is 0 Å². The largest absolute Gasteiger partial charge is 0.309 e. The zero-order valence-electron chi connectivity index (χ0n) is 28.5. The van der Waals surface area contributed by atoms with Crippen molar-refractivity contribution in [2.75, 3.05) is 0 Å². The first-order valence-corrected chi connectivity index (χ1v) is 17.9. The summed E-state index contributed by atoms with van der Waals surface area (Å²) in [6, 6.07) is 63.0. The Labute approximate surface area is 303 Å². The van der Waals surface area contributed by atoms with Crippen LogP contribution in [0.4, 0.5) is 0 Å². The lowest BCUT2D eigenvalue weighted by Gasteiger charge is -2.15. The molecule has 248 valence electrons. The van der Waals surface area contributed by atoms with E-state index >= 15 is 0 Å². The number of para-hydroxylation sites is 4. The predicted molar refractivity (Wildman–Crippen MR) is 219 cm³/mol. The van der Waals surface area contributed by atoms with Crippen LogP contribution >= 0.6 is 0 Å². The van der Waals surface area contributed by atoms with Crippen LogP contribution in [-0.4, -0.2) is 18.7 Å². The molecular weight excluding hydrogens is 649 g/mol. The van der Waals surface area contributed by atoms with Crippen molar-refractivity contribution in [3.8, 4) is 28.3 Å². The molecular formula is C48H30N4O. The van der Waals surface area contributed by atoms with Crippen LogP contribution in [0, 0.1) is 0 Å². The summed E-state index contributed by atoms with van der Waals surface area (Å²) < 4.78 is 6.32. The van der Waals surface area contributed by atoms with Crippen LogP contribution in [0.2, 0.25) is 0 Å². The molecule has 0 unspecified atom stereocenters. The first kappa shape index (κ1) is 29.5. The molecule has 0 aliphatic rings. The molecule has 0 aliphatic carbocycles. The molecule has 0 amide bonds. The van der Waals surface area contributed by atoms with Crippen LogP contribution in [-0.2, 0) is 0 Å². The fourth-order valence-electron chi connectivity index (χ4n) is 8.29. The van der Waals surface area contributed by atoms with E-state index in [4.69, 9.17) is 4.98 Å². The number of pyridine rings is 2. The predicted octanol–water partition coefficient (Wildman–Crippen LogP) is 11.4. The molecule has 53 heavy (non-hydrogen) atoms. The molecule has 0 bridgehead atoms. The van der Waals surface area contributed by atoms with Crippen molar-refractivity contribution in [1.82, 2.24) is 18.7 Å². The third kappa shape index (κ3) is 4.38. The summed E-state index contributed by atoms with van der Waals surface area (Å²) in [7, 11) is 0. The lowest BCUT2D eigenvalue weighted by molar-refractivity contribution is 1.01. The van der Waals surface area contributed by atoms with E-state index in [9.17, 15) is 4.79 Å². The van der Waals surface area contributed by atoms with Crippen LogP contribution in [0.5, 0.6) is 0 Å². The van der Waals surface area contributed by atoms with Crippen molar-refractivity contribution in [2.24, 2.45) is 0 Å². The standard InChI is InChI=1S/C48H30N4O/c53-48-39-20-8-7-17-35(39)38-25-28-46(49-47(38)51(48)34-15-5-2-6-16-34)52-43-22-12-10-19-37(43)41-30-32(24-27-45(41)52)31-23-26-44-40(29-31)36-18-9-11-21-42(36)50(44)33-13-3-1-4-14-33/h1-30H. The number of hydrogen-bond donors (Lipinski definition) is 0. The maximum Gasteiger partial charge on any atom is 0.264 e. The van der Waals surface area contributed by atoms with E-state index < -0.39 is 0 Å². The maximum atomic E-state index is 14.1. The number of rotatable bonds is 4. The molecule has 0 aliphatic heterocycles. The highest BCUT2D eigenvalue weighted by atomic mass is 16.1. The van der Waals surface area contributed by atoms with E-state index in [1.54, 1.807) is 4.57 Å². The zero-order valence-corrected chi connectivity index (χ0v) is 28.5. The highest BCUT2D eigenvalue weighted by Gasteiger charge is 2.19. The van der Waals surface area contributed by atoms with E-state index in [1.807, 2.05) is 54.6 Å². The smallest absolute Gasteiger partial charge is 0.264 e. The Kier molecular flexibility index (Phi) is 6.34. The highest BCUT2D eigenvalue weighted by Crippen LogP contribution is 2.38. The molecule has 5 nitrogen and oxygen atoms in total. The SMILES string of the molecule is O=c1c2ccccc2c2ccc(-n3c4ccccc4c4cc(-c5ccc6c(c5)c5ccccc5n6-c5ccccc5)ccc43)nc2n1-c1ccccc1. The van der Waals surface area contributed by atoms with Gasteiger partial charge in [0.2, 0.25) is 0 Å². The fraction of sp³-hybridized carbons (Fsp3) is 0. The molecule has 5 heteroatoms. The number of aromatic nitrogens is 4. The van der Waals surface area contributed by atoms with Crippen molar-refractivity contribution < 1.29 is 0 Å². The molecule has 0 fully saturated rings. The molecule has 0 saturated carbocycles. The van der Waals surface area contributed by atoms with Gasteiger partial charge in [-0.25, -0.2) is 4.98 Å². The summed E-state index contributed by atoms with van der Waals surface area (Å²) in [5.74, 6) is 0.756. The number of benzene rings is 7. The maximum absolute atomic E-state index is 14.1. The van der Waals surface area contributed by atoms with Crippen LogP contribution in [0.15, 0.2) is 187 Å². The lowest BCUT2D eigenvalue weighted by atomic mass is 10.0. The summed E-state index contributed by atoms with van der Waals surface area (Å²) in [6.45, 7) is 0. The average molecular weight is 679 g/mol. The van der Waals surface area contributed by atoms with Gasteiger partial charge in [-0.1, -0.05) is 103 Å². The fourth-order valence-corrected chi connectivity index (χ4v) is 8.29. The molecule has 7 aromatic carbocycles. The minimum atomic E-state index is -0.0836. The molecule has 0 atom stereocenters. The quantitative estimate of drug-likeness (QED) is 0.174. The lowest BCUT2D eigenvalue weighted by Crippen LogP contribution is -2.20. The third-order valence-electron chi connectivity index (χ3n) is 10.7. The van der Waals surface area contributed by atoms with Crippen molar-refractivity contribution in [2.45, 2.75) is 0 Å². The zero-order chi connectivity index (χ0) is 35.0. The van der Waals surface area contributed by atoms with Gasteiger partial charge in [0, 0.05) is 38.0 Å². The van der Waals surface area contributed by atoms with Crippen LogP contribution in [0.25, 0.3) is 93.7 Å². The first-order chi connectivity index (χ1) is 26.2. The van der Waals surface area contributed by atoms with Gasteiger partial charge in [0.25, 0.3) is 5.56 Å². The Balaban J connectivity index is 1.12. The summed E-state index contributed by atoms with van der Waals surface area (Å²) in [5.41, 5.74) is 9.28. The first-order valence-electron chi connectivity index (χ1n) is 17.9. The van der Waals surface area contributed by atoms with E-state index in [1.165, 1.54) is 21.8 Å². The van der Waals surface area contributed by atoms with Gasteiger partial charge in [-0.3, -0.25) is 13.9 Å². The minimum Gasteiger partial charge on any atom is -0.309 e. The second kappa shape index (κ2) is 11.4. The molecule has 0 saturated heterocycles. The number of hydrogen-bond acceptors (Lipinski definition) is 2. The van der Waals surface area contributed by atoms with Crippen molar-refractivity contribution in [1.29, 1.82) is 0 Å². The van der Waals surface area contributed by atoms with Crippen LogP contribution in [0.1, 0.15) is 0 Å². The van der Waals surface area contributed by atoms with Crippen LogP contribution < -0.4 is 5.56 Å². The molecule has 11 aromatic rings. The van der Waals surface area contributed by atoms with Gasteiger partial charge in [-0.2, -0.15) is 0 Å². The summed E-state index contributed by atoms with van der Waals surface area (Å²) in [4.78, 5) is 19.4. The Morgan fingerprint density at radius 1 is 0.340 bits per heavy atom. The van der Waals surface area contributed by atoms with Gasteiger partial charge in [-0.15, -0.1) is 0 Å². The van der Waals surface area contributed by atoms with E-state index in [-0.39, 0.29) is 5.56 Å². The number of fused-ring (bicyclic) bond motifs is 9. The Morgan fingerprint density at radius 3 is 1.43 bits per heavy atom. The highest BCUT2D eigenvalue weighted by molar-refractivity contribution is 6.13. The molecule has 0 spiro atoms. The molecule has 4 aromatic heterocycles. The van der Waals surface area contributed by atoms with Gasteiger partial charge in [-0.05, 0) is 95.4 Å². The van der Waals surface area contributed by atoms with Crippen molar-refractivity contribution in [3.05, 3.63) is 192 Å². The normalized spacial score (nSPS) is 11.8. The molecule has 0 N–H and O–H groups in total. The van der Waals surface area contributed by atoms with Crippen molar-refractivity contribution >= 4 is 65.4 Å². The monoisotopic (exact) mass is 678 g/mol. The Bertz CT molecular complexity index is 3300. The molecule has 4 heterocycles. The van der Waals surface area contributed by atoms with E-state index in [2.05, 4.69) is 137 Å². The van der Waals surface area contributed by atoms with Gasteiger partial charge in [0.05, 0.1) is 27.8 Å². The number of nitrogens with zero attached hydrogens (tertiary/aromatic N) is 4. The van der Waals surface area contributed by atoms with Gasteiger partial charge >= 0.3 is 0 Å². The average Bonchev–Trinajstić information content (AvgIpc) is 3.74. The van der Waals surface area contributed by atoms with Gasteiger partial charge in [0.1, 0.15) is 11.5 Å². The molecule has 0 radical (unpaired) electrons. The van der Waals surface area contributed by atoms with Gasteiger partial charge < -0.3 is 4.57 Å². The van der Waals surface area contributed by atoms with E-state index in [0.29, 0.717) is 11.0 Å². The molecule has 11 rings (SSSR count). The third-order valence-corrected chi connectivity index (χ3v) is 10.7. The second-order valence-electron chi connectivity index (χ2n) is 13.6. The Morgan fingerprint density at radius 2 is 0.811 bits per heavy atom. The van der Waals surface area contributed by atoms with Crippen LogP contribution in [0.3, 0.4) is 0 Å². The summed E-state index contributed by atoms with van der Waals surface area (Å²) in [5, 5.41) is 7.24.